The first-order valence-electron chi connectivity index (χ1n) is 7.12. The van der Waals surface area contributed by atoms with Crippen LogP contribution in [0.2, 0.25) is 0 Å². The number of aryl methyl sites for hydroxylation is 1. The number of nitrogens with zero attached hydrogens (tertiary/aromatic N) is 1. The van der Waals surface area contributed by atoms with Crippen molar-refractivity contribution in [3.8, 4) is 5.75 Å². The Morgan fingerprint density at radius 2 is 2.12 bits per heavy atom. The molecule has 0 bridgehead atoms. The number of ether oxygens (including phenoxy) is 1. The smallest absolute Gasteiger partial charge is 0.303 e. The van der Waals surface area contributed by atoms with Crippen LogP contribution in [0.5, 0.6) is 5.75 Å². The van der Waals surface area contributed by atoms with Crippen molar-refractivity contribution in [1.29, 1.82) is 0 Å². The van der Waals surface area contributed by atoms with Crippen LogP contribution in [0.1, 0.15) is 12.0 Å². The minimum absolute atomic E-state index is 0.0740. The summed E-state index contributed by atoms with van der Waals surface area (Å²) in [7, 11) is -2.19. The maximum absolute atomic E-state index is 12.8. The van der Waals surface area contributed by atoms with Crippen LogP contribution in [0.15, 0.2) is 46.1 Å². The predicted octanol–water partition coefficient (Wildman–Crippen LogP) is 2.97. The molecule has 0 unspecified atom stereocenters. The molecule has 3 aromatic rings. The normalized spacial score (nSPS) is 11.7. The molecule has 2 aromatic heterocycles. The zero-order valence-corrected chi connectivity index (χ0v) is 14.4. The van der Waals surface area contributed by atoms with Crippen molar-refractivity contribution in [1.82, 2.24) is 3.97 Å². The maximum atomic E-state index is 12.8. The minimum atomic E-state index is -3.71. The average Bonchev–Trinajstić information content (AvgIpc) is 3.20. The molecule has 1 aromatic carbocycles. The molecule has 8 heteroatoms. The number of rotatable bonds is 6. The first-order valence-corrected chi connectivity index (χ1v) is 9.44. The largest absolute Gasteiger partial charge is 0.497 e. The lowest BCUT2D eigenvalue weighted by Crippen LogP contribution is -2.10. The van der Waals surface area contributed by atoms with E-state index in [-0.39, 0.29) is 17.1 Å². The number of methoxy groups -OCH3 is 1. The van der Waals surface area contributed by atoms with Gasteiger partial charge in [0.15, 0.2) is 0 Å². The first kappa shape index (κ1) is 16.5. The van der Waals surface area contributed by atoms with E-state index in [0.29, 0.717) is 22.2 Å². The maximum Gasteiger partial charge on any atom is 0.303 e. The molecule has 3 rings (SSSR count). The zero-order chi connectivity index (χ0) is 17.3. The number of fused-ring (bicyclic) bond motifs is 1. The SMILES string of the molecule is COc1ccc2c(c1)c(CCC(=O)O)cn2S(=O)(=O)c1cccs1. The highest BCUT2D eigenvalue weighted by Gasteiger charge is 2.22. The van der Waals surface area contributed by atoms with Crippen LogP contribution in [0.3, 0.4) is 0 Å². The highest BCUT2D eigenvalue weighted by molar-refractivity contribution is 7.92. The molecule has 2 heterocycles. The first-order chi connectivity index (χ1) is 11.4. The van der Waals surface area contributed by atoms with Gasteiger partial charge in [-0.2, -0.15) is 8.42 Å². The molecular formula is C16H15NO5S2. The summed E-state index contributed by atoms with van der Waals surface area (Å²) >= 11 is 1.14. The van der Waals surface area contributed by atoms with Crippen molar-refractivity contribution >= 4 is 38.2 Å². The molecule has 0 spiro atoms. The Bertz CT molecular complexity index is 987. The molecule has 0 saturated heterocycles. The summed E-state index contributed by atoms with van der Waals surface area (Å²) in [5, 5.41) is 11.3. The van der Waals surface area contributed by atoms with Crippen molar-refractivity contribution in [3.05, 3.63) is 47.5 Å². The van der Waals surface area contributed by atoms with Crippen LogP contribution in [0.4, 0.5) is 0 Å². The molecule has 126 valence electrons. The average molecular weight is 365 g/mol. The van der Waals surface area contributed by atoms with Crippen molar-refractivity contribution in [2.24, 2.45) is 0 Å². The van der Waals surface area contributed by atoms with E-state index in [4.69, 9.17) is 9.84 Å². The van der Waals surface area contributed by atoms with Gasteiger partial charge in [0.1, 0.15) is 9.96 Å². The molecule has 0 radical (unpaired) electrons. The van der Waals surface area contributed by atoms with Gasteiger partial charge in [0.05, 0.1) is 12.6 Å². The van der Waals surface area contributed by atoms with Crippen LogP contribution in [0.25, 0.3) is 10.9 Å². The highest BCUT2D eigenvalue weighted by Crippen LogP contribution is 2.31. The van der Waals surface area contributed by atoms with E-state index in [9.17, 15) is 13.2 Å². The summed E-state index contributed by atoms with van der Waals surface area (Å²) in [4.78, 5) is 10.9. The van der Waals surface area contributed by atoms with Crippen molar-refractivity contribution in [2.75, 3.05) is 7.11 Å². The molecule has 1 N–H and O–H groups in total. The number of hydrogen-bond acceptors (Lipinski definition) is 5. The van der Waals surface area contributed by atoms with Gasteiger partial charge in [-0.25, -0.2) is 3.97 Å². The Balaban J connectivity index is 2.20. The molecule has 6 nitrogen and oxygen atoms in total. The molecule has 24 heavy (non-hydrogen) atoms. The second kappa shape index (κ2) is 6.29. The third-order valence-corrected chi connectivity index (χ3v) is 6.72. The summed E-state index contributed by atoms with van der Waals surface area (Å²) in [6, 6.07) is 8.31. The van der Waals surface area contributed by atoms with E-state index < -0.39 is 16.0 Å². The molecule has 0 aliphatic rings. The number of hydrogen-bond donors (Lipinski definition) is 1. The lowest BCUT2D eigenvalue weighted by Gasteiger charge is -2.06. The van der Waals surface area contributed by atoms with Crippen LogP contribution in [0, 0.1) is 0 Å². The summed E-state index contributed by atoms with van der Waals surface area (Å²) in [5.41, 5.74) is 1.16. The topological polar surface area (TPSA) is 85.6 Å². The second-order valence-electron chi connectivity index (χ2n) is 5.16. The van der Waals surface area contributed by atoms with E-state index >= 15 is 0 Å². The van der Waals surface area contributed by atoms with Crippen LogP contribution >= 0.6 is 11.3 Å². The Morgan fingerprint density at radius 3 is 2.75 bits per heavy atom. The Morgan fingerprint density at radius 1 is 1.33 bits per heavy atom. The molecule has 0 fully saturated rings. The van der Waals surface area contributed by atoms with E-state index in [1.54, 1.807) is 35.7 Å². The van der Waals surface area contributed by atoms with Gasteiger partial charge in [0, 0.05) is 18.0 Å². The quantitative estimate of drug-likeness (QED) is 0.726. The number of thiophene rings is 1. The van der Waals surface area contributed by atoms with Gasteiger partial charge in [-0.15, -0.1) is 11.3 Å². The standard InChI is InChI=1S/C16H15NO5S2/c1-22-12-5-6-14-13(9-12)11(4-7-15(18)19)10-17(14)24(20,21)16-3-2-8-23-16/h2-3,5-6,8-10H,4,7H2,1H3,(H,18,19). The number of carboxylic acid groups (broad SMARTS) is 1. The van der Waals surface area contributed by atoms with Crippen molar-refractivity contribution < 1.29 is 23.1 Å². The third kappa shape index (κ3) is 2.90. The van der Waals surface area contributed by atoms with Crippen molar-refractivity contribution in [3.63, 3.8) is 0 Å². The number of aromatic nitrogens is 1. The van der Waals surface area contributed by atoms with Gasteiger partial charge in [-0.05, 0) is 41.6 Å². The Kier molecular flexibility index (Phi) is 4.33. The van der Waals surface area contributed by atoms with Crippen LogP contribution < -0.4 is 4.74 Å². The Labute approximate surface area is 143 Å². The van der Waals surface area contributed by atoms with Crippen LogP contribution in [-0.4, -0.2) is 30.6 Å². The summed E-state index contributed by atoms with van der Waals surface area (Å²) in [6.45, 7) is 0. The van der Waals surface area contributed by atoms with E-state index in [1.165, 1.54) is 17.3 Å². The molecule has 0 saturated carbocycles. The third-order valence-electron chi connectivity index (χ3n) is 3.68. The molecule has 0 amide bonds. The lowest BCUT2D eigenvalue weighted by atomic mass is 10.1. The molecular weight excluding hydrogens is 350 g/mol. The fourth-order valence-corrected chi connectivity index (χ4v) is 4.99. The van der Waals surface area contributed by atoms with E-state index in [2.05, 4.69) is 0 Å². The second-order valence-corrected chi connectivity index (χ2v) is 8.15. The number of benzene rings is 1. The van der Waals surface area contributed by atoms with Gasteiger partial charge in [-0.3, -0.25) is 4.79 Å². The predicted molar refractivity (Wildman–Crippen MR) is 91.3 cm³/mol. The summed E-state index contributed by atoms with van der Waals surface area (Å²) < 4.78 is 32.3. The summed E-state index contributed by atoms with van der Waals surface area (Å²) in [5.74, 6) is -0.342. The number of aliphatic carboxylic acids is 1. The number of carbonyl (C=O) groups is 1. The molecule has 0 aliphatic heterocycles. The number of carboxylic acids is 1. The lowest BCUT2D eigenvalue weighted by molar-refractivity contribution is -0.136. The monoisotopic (exact) mass is 365 g/mol. The van der Waals surface area contributed by atoms with Gasteiger partial charge in [-0.1, -0.05) is 6.07 Å². The van der Waals surface area contributed by atoms with Crippen LogP contribution in [-0.2, 0) is 21.2 Å². The van der Waals surface area contributed by atoms with Crippen molar-refractivity contribution in [2.45, 2.75) is 17.1 Å². The molecule has 0 atom stereocenters. The fourth-order valence-electron chi connectivity index (χ4n) is 2.52. The van der Waals surface area contributed by atoms with Gasteiger partial charge >= 0.3 is 5.97 Å². The minimum Gasteiger partial charge on any atom is -0.497 e. The van der Waals surface area contributed by atoms with Gasteiger partial charge < -0.3 is 9.84 Å². The summed E-state index contributed by atoms with van der Waals surface area (Å²) in [6.07, 6.45) is 1.67. The highest BCUT2D eigenvalue weighted by atomic mass is 32.2. The van der Waals surface area contributed by atoms with E-state index in [1.807, 2.05) is 0 Å². The van der Waals surface area contributed by atoms with E-state index in [0.717, 1.165) is 11.3 Å². The molecule has 0 aliphatic carbocycles. The Hall–Kier alpha value is -2.32. The van der Waals surface area contributed by atoms with Gasteiger partial charge in [0.2, 0.25) is 0 Å². The van der Waals surface area contributed by atoms with Gasteiger partial charge in [0.25, 0.3) is 10.0 Å². The zero-order valence-electron chi connectivity index (χ0n) is 12.8. The fraction of sp³-hybridized carbons (Fsp3) is 0.188.